The smallest absolute Gasteiger partial charge is 0.321 e. The molecule has 1 aliphatic rings. The lowest BCUT2D eigenvalue weighted by molar-refractivity contribution is -0.140. The summed E-state index contributed by atoms with van der Waals surface area (Å²) in [4.78, 5) is 13.1. The van der Waals surface area contributed by atoms with Crippen LogP contribution in [0.15, 0.2) is 0 Å². The first kappa shape index (κ1) is 10.5. The lowest BCUT2D eigenvalue weighted by Gasteiger charge is -2.19. The zero-order chi connectivity index (χ0) is 9.84. The van der Waals surface area contributed by atoms with Crippen molar-refractivity contribution < 1.29 is 9.90 Å². The molecule has 0 bridgehead atoms. The van der Waals surface area contributed by atoms with E-state index in [4.69, 9.17) is 5.11 Å². The molecule has 0 spiro atoms. The molecule has 13 heavy (non-hydrogen) atoms. The van der Waals surface area contributed by atoms with Gasteiger partial charge >= 0.3 is 5.97 Å². The van der Waals surface area contributed by atoms with Gasteiger partial charge in [0.15, 0.2) is 0 Å². The molecule has 0 saturated carbocycles. The monoisotopic (exact) mass is 186 g/mol. The number of carboxylic acids is 1. The van der Waals surface area contributed by atoms with Gasteiger partial charge in [-0.25, -0.2) is 0 Å². The summed E-state index contributed by atoms with van der Waals surface area (Å²) >= 11 is 0. The van der Waals surface area contributed by atoms with Crippen LogP contribution in [0.3, 0.4) is 0 Å². The molecule has 2 N–H and O–H groups in total. The van der Waals surface area contributed by atoms with Crippen molar-refractivity contribution in [1.82, 2.24) is 10.2 Å². The van der Waals surface area contributed by atoms with Gasteiger partial charge in [0, 0.05) is 6.54 Å². The molecule has 1 heterocycles. The zero-order valence-corrected chi connectivity index (χ0v) is 8.29. The number of aliphatic carboxylic acids is 1. The van der Waals surface area contributed by atoms with E-state index in [0.717, 1.165) is 26.1 Å². The number of likely N-dealkylation sites (tertiary alicyclic amines) is 1. The number of hydrogen-bond donors (Lipinski definition) is 2. The minimum absolute atomic E-state index is 0.266. The highest BCUT2D eigenvalue weighted by Gasteiger charge is 2.31. The first-order valence-electron chi connectivity index (χ1n) is 4.81. The van der Waals surface area contributed by atoms with Crippen molar-refractivity contribution in [1.29, 1.82) is 0 Å². The molecule has 1 rings (SSSR count). The van der Waals surface area contributed by atoms with Crippen molar-refractivity contribution in [2.45, 2.75) is 19.4 Å². The predicted molar refractivity (Wildman–Crippen MR) is 50.7 cm³/mol. The summed E-state index contributed by atoms with van der Waals surface area (Å²) in [5.74, 6) is -0.465. The van der Waals surface area contributed by atoms with Gasteiger partial charge in [0.05, 0.1) is 0 Å². The van der Waals surface area contributed by atoms with Gasteiger partial charge < -0.3 is 15.3 Å². The highest BCUT2D eigenvalue weighted by molar-refractivity contribution is 5.73. The van der Waals surface area contributed by atoms with Gasteiger partial charge in [-0.2, -0.15) is 0 Å². The number of nitrogens with one attached hydrogen (secondary N) is 1. The van der Waals surface area contributed by atoms with Crippen LogP contribution in [0.1, 0.15) is 13.3 Å². The first-order chi connectivity index (χ1) is 6.19. The third-order valence-corrected chi connectivity index (χ3v) is 2.80. The lowest BCUT2D eigenvalue weighted by atomic mass is 9.99. The standard InChI is InChI=1S/C9H18N2O2/c1-3-11-5-4-7(6-11)8(10-2)9(12)13/h7-8,10H,3-6H2,1-2H3,(H,12,13). The van der Waals surface area contributed by atoms with Crippen LogP contribution in [-0.2, 0) is 4.79 Å². The highest BCUT2D eigenvalue weighted by Crippen LogP contribution is 2.19. The second-order valence-electron chi connectivity index (χ2n) is 3.55. The lowest BCUT2D eigenvalue weighted by Crippen LogP contribution is -2.41. The molecule has 0 aromatic carbocycles. The summed E-state index contributed by atoms with van der Waals surface area (Å²) in [6, 6.07) is -0.378. The second-order valence-corrected chi connectivity index (χ2v) is 3.55. The number of carbonyl (C=O) groups is 1. The maximum atomic E-state index is 10.8. The van der Waals surface area contributed by atoms with Gasteiger partial charge in [-0.3, -0.25) is 4.79 Å². The van der Waals surface area contributed by atoms with Crippen LogP contribution in [0.25, 0.3) is 0 Å². The largest absolute Gasteiger partial charge is 0.480 e. The van der Waals surface area contributed by atoms with E-state index in [-0.39, 0.29) is 12.0 Å². The number of carboxylic acid groups (broad SMARTS) is 1. The van der Waals surface area contributed by atoms with E-state index in [9.17, 15) is 4.79 Å². The van der Waals surface area contributed by atoms with E-state index in [0.29, 0.717) is 0 Å². The van der Waals surface area contributed by atoms with Gasteiger partial charge in [0.25, 0.3) is 0 Å². The average Bonchev–Trinajstić information content (AvgIpc) is 2.53. The van der Waals surface area contributed by atoms with E-state index < -0.39 is 5.97 Å². The Kier molecular flexibility index (Phi) is 3.69. The van der Waals surface area contributed by atoms with Gasteiger partial charge in [0.1, 0.15) is 6.04 Å². The van der Waals surface area contributed by atoms with E-state index >= 15 is 0 Å². The number of hydrogen-bond acceptors (Lipinski definition) is 3. The Morgan fingerprint density at radius 3 is 2.85 bits per heavy atom. The molecule has 1 saturated heterocycles. The fourth-order valence-electron chi connectivity index (χ4n) is 1.98. The summed E-state index contributed by atoms with van der Waals surface area (Å²) < 4.78 is 0. The van der Waals surface area contributed by atoms with E-state index in [1.807, 2.05) is 0 Å². The topological polar surface area (TPSA) is 52.6 Å². The molecule has 0 amide bonds. The SMILES string of the molecule is CCN1CCC(C(NC)C(=O)O)C1. The van der Waals surface area contributed by atoms with Crippen molar-refractivity contribution in [3.63, 3.8) is 0 Å². The summed E-state index contributed by atoms with van der Waals surface area (Å²) in [6.07, 6.45) is 0.992. The maximum absolute atomic E-state index is 10.8. The van der Waals surface area contributed by atoms with Crippen molar-refractivity contribution in [3.05, 3.63) is 0 Å². The van der Waals surface area contributed by atoms with Crippen molar-refractivity contribution in [2.24, 2.45) is 5.92 Å². The first-order valence-corrected chi connectivity index (χ1v) is 4.81. The molecular formula is C9H18N2O2. The normalized spacial score (nSPS) is 26.2. The fraction of sp³-hybridized carbons (Fsp3) is 0.889. The molecule has 4 heteroatoms. The van der Waals surface area contributed by atoms with E-state index in [1.165, 1.54) is 0 Å². The molecular weight excluding hydrogens is 168 g/mol. The molecule has 1 aliphatic heterocycles. The molecule has 2 unspecified atom stereocenters. The maximum Gasteiger partial charge on any atom is 0.321 e. The summed E-state index contributed by atoms with van der Waals surface area (Å²) in [7, 11) is 1.72. The van der Waals surface area contributed by atoms with Crippen LogP contribution in [-0.4, -0.2) is 48.7 Å². The Labute approximate surface area is 78.9 Å². The van der Waals surface area contributed by atoms with Crippen molar-refractivity contribution in [3.8, 4) is 0 Å². The molecule has 4 nitrogen and oxygen atoms in total. The van der Waals surface area contributed by atoms with Gasteiger partial charge in [-0.1, -0.05) is 6.92 Å². The van der Waals surface area contributed by atoms with Gasteiger partial charge in [0.2, 0.25) is 0 Å². The molecule has 0 radical (unpaired) electrons. The molecule has 1 fully saturated rings. The quantitative estimate of drug-likeness (QED) is 0.649. The predicted octanol–water partition coefficient (Wildman–Crippen LogP) is 0.000800. The Balaban J connectivity index is 2.48. The van der Waals surface area contributed by atoms with Crippen molar-refractivity contribution in [2.75, 3.05) is 26.7 Å². The summed E-state index contributed by atoms with van der Waals surface area (Å²) in [5.41, 5.74) is 0. The number of rotatable bonds is 4. The second kappa shape index (κ2) is 4.58. The Hall–Kier alpha value is -0.610. The van der Waals surface area contributed by atoms with Crippen LogP contribution in [0.4, 0.5) is 0 Å². The number of likely N-dealkylation sites (N-methyl/N-ethyl adjacent to an activating group) is 1. The minimum Gasteiger partial charge on any atom is -0.480 e. The molecule has 0 aromatic rings. The van der Waals surface area contributed by atoms with E-state index in [1.54, 1.807) is 7.05 Å². The van der Waals surface area contributed by atoms with Gasteiger partial charge in [-0.05, 0) is 32.5 Å². The average molecular weight is 186 g/mol. The molecule has 0 aliphatic carbocycles. The molecule has 0 aromatic heterocycles. The Bertz CT molecular complexity index is 184. The fourth-order valence-corrected chi connectivity index (χ4v) is 1.98. The van der Waals surface area contributed by atoms with Crippen LogP contribution in [0.5, 0.6) is 0 Å². The zero-order valence-electron chi connectivity index (χ0n) is 8.29. The highest BCUT2D eigenvalue weighted by atomic mass is 16.4. The number of nitrogens with zero attached hydrogens (tertiary/aromatic N) is 1. The van der Waals surface area contributed by atoms with Crippen LogP contribution >= 0.6 is 0 Å². The van der Waals surface area contributed by atoms with Crippen LogP contribution in [0, 0.1) is 5.92 Å². The van der Waals surface area contributed by atoms with Crippen LogP contribution in [0.2, 0.25) is 0 Å². The Morgan fingerprint density at radius 1 is 1.77 bits per heavy atom. The van der Waals surface area contributed by atoms with Gasteiger partial charge in [-0.15, -0.1) is 0 Å². The molecule has 76 valence electrons. The molecule has 2 atom stereocenters. The summed E-state index contributed by atoms with van der Waals surface area (Å²) in [6.45, 7) is 5.07. The third-order valence-electron chi connectivity index (χ3n) is 2.80. The third kappa shape index (κ3) is 2.42. The van der Waals surface area contributed by atoms with E-state index in [2.05, 4.69) is 17.1 Å². The Morgan fingerprint density at radius 2 is 2.46 bits per heavy atom. The van der Waals surface area contributed by atoms with Crippen LogP contribution < -0.4 is 5.32 Å². The minimum atomic E-state index is -0.731. The summed E-state index contributed by atoms with van der Waals surface area (Å²) in [5, 5.41) is 11.8. The van der Waals surface area contributed by atoms with Crippen molar-refractivity contribution >= 4 is 5.97 Å².